The van der Waals surface area contributed by atoms with Crippen LogP contribution in [0.5, 0.6) is 5.75 Å². The van der Waals surface area contributed by atoms with Gasteiger partial charge in [-0.15, -0.1) is 0 Å². The predicted molar refractivity (Wildman–Crippen MR) is 108 cm³/mol. The third kappa shape index (κ3) is 3.91. The average molecular weight is 351 g/mol. The Bertz CT molecular complexity index is 909. The van der Waals surface area contributed by atoms with Gasteiger partial charge in [-0.3, -0.25) is 4.98 Å². The summed E-state index contributed by atoms with van der Waals surface area (Å²) in [7, 11) is 2.05. The van der Waals surface area contributed by atoms with Crippen LogP contribution in [0.3, 0.4) is 0 Å². The number of nitrogens with zero attached hydrogens (tertiary/aromatic N) is 2. The maximum absolute atomic E-state index is 6.37. The van der Waals surface area contributed by atoms with E-state index in [1.165, 1.54) is 11.1 Å². The van der Waals surface area contributed by atoms with Crippen LogP contribution < -0.4 is 10.5 Å². The summed E-state index contributed by atoms with van der Waals surface area (Å²) in [6.07, 6.45) is 4.85. The Morgan fingerprint density at radius 2 is 2.00 bits per heavy atom. The summed E-state index contributed by atoms with van der Waals surface area (Å²) in [4.78, 5) is 4.45. The number of aromatic nitrogens is 2. The zero-order chi connectivity index (χ0) is 18.9. The molecule has 4 heteroatoms. The molecule has 3 rings (SSSR count). The van der Waals surface area contributed by atoms with Gasteiger partial charge in [-0.05, 0) is 61.6 Å². The van der Waals surface area contributed by atoms with E-state index in [2.05, 4.69) is 62.5 Å². The van der Waals surface area contributed by atoms with Gasteiger partial charge < -0.3 is 15.0 Å². The molecule has 2 N–H and O–H groups in total. The molecule has 0 unspecified atom stereocenters. The number of aryl methyl sites for hydroxylation is 2. The van der Waals surface area contributed by atoms with Gasteiger partial charge in [-0.2, -0.15) is 0 Å². The fourth-order valence-corrected chi connectivity index (χ4v) is 3.67. The Labute approximate surface area is 156 Å². The molecule has 0 saturated carbocycles. The molecule has 0 bridgehead atoms. The lowest BCUT2D eigenvalue weighted by molar-refractivity contribution is 0.206. The van der Waals surface area contributed by atoms with Crippen molar-refractivity contribution < 1.29 is 4.74 Å². The monoisotopic (exact) mass is 351 g/mol. The molecule has 0 aliphatic carbocycles. The summed E-state index contributed by atoms with van der Waals surface area (Å²) >= 11 is 0. The van der Waals surface area contributed by atoms with Gasteiger partial charge in [0.2, 0.25) is 0 Å². The van der Waals surface area contributed by atoms with Crippen LogP contribution in [-0.2, 0) is 7.05 Å². The molecular formula is C22H29N3O. The molecule has 1 atom stereocenters. The Hall–Kier alpha value is -2.33. The Kier molecular flexibility index (Phi) is 5.05. The van der Waals surface area contributed by atoms with Crippen molar-refractivity contribution in [2.75, 3.05) is 6.61 Å². The van der Waals surface area contributed by atoms with E-state index >= 15 is 0 Å². The first-order chi connectivity index (χ1) is 12.3. The fraction of sp³-hybridized carbons (Fsp3) is 0.409. The van der Waals surface area contributed by atoms with Crippen molar-refractivity contribution in [3.05, 3.63) is 48.3 Å². The first-order valence-corrected chi connectivity index (χ1v) is 9.19. The Morgan fingerprint density at radius 3 is 2.69 bits per heavy atom. The van der Waals surface area contributed by atoms with E-state index in [1.807, 2.05) is 24.5 Å². The first kappa shape index (κ1) is 18.5. The number of hydrogen-bond acceptors (Lipinski definition) is 3. The minimum atomic E-state index is -0.320. The van der Waals surface area contributed by atoms with Gasteiger partial charge in [0.25, 0.3) is 0 Å². The largest absolute Gasteiger partial charge is 0.491 e. The van der Waals surface area contributed by atoms with Gasteiger partial charge in [0.05, 0.1) is 11.0 Å². The van der Waals surface area contributed by atoms with Crippen molar-refractivity contribution in [2.24, 2.45) is 18.7 Å². The van der Waals surface area contributed by atoms with Crippen LogP contribution in [0, 0.1) is 12.8 Å². The minimum absolute atomic E-state index is 0.320. The number of nitrogens with two attached hydrogens (primary N) is 1. The van der Waals surface area contributed by atoms with E-state index in [9.17, 15) is 0 Å². The summed E-state index contributed by atoms with van der Waals surface area (Å²) in [5.74, 6) is 1.45. The predicted octanol–water partition coefficient (Wildman–Crippen LogP) is 4.69. The minimum Gasteiger partial charge on any atom is -0.491 e. The zero-order valence-electron chi connectivity index (χ0n) is 16.4. The van der Waals surface area contributed by atoms with Crippen molar-refractivity contribution >= 4 is 11.0 Å². The molecule has 0 fully saturated rings. The molecule has 138 valence electrons. The smallest absolute Gasteiger partial charge is 0.122 e. The van der Waals surface area contributed by atoms with Gasteiger partial charge in [0.15, 0.2) is 0 Å². The molecular weight excluding hydrogens is 322 g/mol. The van der Waals surface area contributed by atoms with Crippen molar-refractivity contribution in [3.8, 4) is 16.9 Å². The quantitative estimate of drug-likeness (QED) is 0.701. The van der Waals surface area contributed by atoms with Crippen LogP contribution in [-0.4, -0.2) is 21.7 Å². The molecule has 0 amide bonds. The summed E-state index contributed by atoms with van der Waals surface area (Å²) < 4.78 is 8.16. The highest BCUT2D eigenvalue weighted by Gasteiger charge is 2.21. The van der Waals surface area contributed by atoms with Crippen LogP contribution in [0.15, 0.2) is 42.7 Å². The van der Waals surface area contributed by atoms with Gasteiger partial charge in [0, 0.05) is 30.5 Å². The number of pyridine rings is 1. The summed E-state index contributed by atoms with van der Waals surface area (Å²) in [5.41, 5.74) is 11.7. The van der Waals surface area contributed by atoms with Gasteiger partial charge in [0.1, 0.15) is 12.4 Å². The summed E-state index contributed by atoms with van der Waals surface area (Å²) in [6.45, 7) is 9.02. The van der Waals surface area contributed by atoms with Gasteiger partial charge in [-0.1, -0.05) is 19.9 Å². The topological polar surface area (TPSA) is 53.1 Å². The molecule has 2 aromatic heterocycles. The maximum Gasteiger partial charge on any atom is 0.122 e. The third-order valence-corrected chi connectivity index (χ3v) is 4.68. The molecule has 0 saturated heterocycles. The van der Waals surface area contributed by atoms with Gasteiger partial charge >= 0.3 is 0 Å². The van der Waals surface area contributed by atoms with E-state index in [4.69, 9.17) is 10.5 Å². The highest BCUT2D eigenvalue weighted by atomic mass is 16.5. The molecule has 1 aromatic carbocycles. The van der Waals surface area contributed by atoms with E-state index in [1.54, 1.807) is 0 Å². The summed E-state index contributed by atoms with van der Waals surface area (Å²) in [5, 5.41) is 0. The fourth-order valence-electron chi connectivity index (χ4n) is 3.67. The van der Waals surface area contributed by atoms with Crippen LogP contribution in [0.25, 0.3) is 22.2 Å². The number of fused-ring (bicyclic) bond motifs is 1. The average Bonchev–Trinajstić information content (AvgIpc) is 2.94. The van der Waals surface area contributed by atoms with E-state index in [0.717, 1.165) is 28.8 Å². The van der Waals surface area contributed by atoms with Crippen molar-refractivity contribution in [2.45, 2.75) is 39.7 Å². The van der Waals surface area contributed by atoms with Crippen LogP contribution in [0.4, 0.5) is 0 Å². The number of ether oxygens (including phenoxy) is 1. The number of rotatable bonds is 6. The Morgan fingerprint density at radius 1 is 1.23 bits per heavy atom. The molecule has 26 heavy (non-hydrogen) atoms. The van der Waals surface area contributed by atoms with E-state index < -0.39 is 0 Å². The number of benzene rings is 1. The Balaban J connectivity index is 1.85. The summed E-state index contributed by atoms with van der Waals surface area (Å²) in [6, 6.07) is 10.4. The van der Waals surface area contributed by atoms with Crippen molar-refractivity contribution in [3.63, 3.8) is 0 Å². The third-order valence-electron chi connectivity index (χ3n) is 4.68. The lowest BCUT2D eigenvalue weighted by Gasteiger charge is -2.27. The zero-order valence-corrected chi connectivity index (χ0v) is 16.4. The second kappa shape index (κ2) is 7.12. The highest BCUT2D eigenvalue weighted by Crippen LogP contribution is 2.31. The van der Waals surface area contributed by atoms with Crippen LogP contribution in [0.1, 0.15) is 32.8 Å². The van der Waals surface area contributed by atoms with Crippen molar-refractivity contribution in [1.29, 1.82) is 0 Å². The molecule has 0 spiro atoms. The van der Waals surface area contributed by atoms with Crippen LogP contribution >= 0.6 is 0 Å². The lowest BCUT2D eigenvalue weighted by atomic mass is 9.93. The molecule has 0 radical (unpaired) electrons. The molecule has 2 heterocycles. The standard InChI is InChI=1S/C22H29N3O/c1-15(2)13-22(4,23)14-26-20-7-6-17(12-16(20)3)18-8-10-24-19-9-11-25(5)21(18)19/h6-12,15H,13-14,23H2,1-5H3/t22-/m0/s1. The highest BCUT2D eigenvalue weighted by molar-refractivity contribution is 5.92. The van der Waals surface area contributed by atoms with Gasteiger partial charge in [-0.25, -0.2) is 0 Å². The van der Waals surface area contributed by atoms with Crippen LogP contribution in [0.2, 0.25) is 0 Å². The lowest BCUT2D eigenvalue weighted by Crippen LogP contribution is -2.43. The van der Waals surface area contributed by atoms with E-state index in [-0.39, 0.29) is 5.54 Å². The first-order valence-electron chi connectivity index (χ1n) is 9.19. The molecule has 0 aliphatic rings. The SMILES string of the molecule is Cc1cc(-c2ccnc3ccn(C)c23)ccc1OC[C@@](C)(N)CC(C)C. The molecule has 4 nitrogen and oxygen atoms in total. The number of hydrogen-bond donors (Lipinski definition) is 1. The second-order valence-electron chi connectivity index (χ2n) is 8.04. The molecule has 3 aromatic rings. The van der Waals surface area contributed by atoms with Crippen molar-refractivity contribution in [1.82, 2.24) is 9.55 Å². The molecule has 0 aliphatic heterocycles. The van der Waals surface area contributed by atoms with E-state index in [0.29, 0.717) is 12.5 Å². The second-order valence-corrected chi connectivity index (χ2v) is 8.04. The normalized spacial score (nSPS) is 14.0. The maximum atomic E-state index is 6.37.